The molecular formula is C20H31NO4. The molecule has 0 aromatic rings. The molecule has 0 aliphatic carbocycles. The molecule has 0 amide bonds. The maximum Gasteiger partial charge on any atom is 0.303 e. The van der Waals surface area contributed by atoms with E-state index in [-0.39, 0.29) is 6.42 Å². The molecule has 140 valence electrons. The van der Waals surface area contributed by atoms with Gasteiger partial charge in [0.2, 0.25) is 0 Å². The highest BCUT2D eigenvalue weighted by Gasteiger charge is 2.05. The van der Waals surface area contributed by atoms with Gasteiger partial charge in [0, 0.05) is 6.42 Å². The Kier molecular flexibility index (Phi) is 16.6. The summed E-state index contributed by atoms with van der Waals surface area (Å²) in [5.74, 6) is -0.791. The summed E-state index contributed by atoms with van der Waals surface area (Å²) in [6.07, 6.45) is 26.2. The van der Waals surface area contributed by atoms with E-state index in [9.17, 15) is 14.9 Å². The first-order chi connectivity index (χ1) is 12.2. The van der Waals surface area contributed by atoms with Crippen molar-refractivity contribution in [1.29, 1.82) is 0 Å². The summed E-state index contributed by atoms with van der Waals surface area (Å²) in [5.41, 5.74) is 0. The molecule has 0 aromatic carbocycles. The van der Waals surface area contributed by atoms with Gasteiger partial charge in [0.1, 0.15) is 0 Å². The predicted octanol–water partition coefficient (Wildman–Crippen LogP) is 5.87. The molecule has 0 aliphatic rings. The second-order valence-electron chi connectivity index (χ2n) is 5.67. The van der Waals surface area contributed by atoms with E-state index in [2.05, 4.69) is 48.2 Å². The Hall–Kier alpha value is -2.17. The Morgan fingerprint density at radius 1 is 0.840 bits per heavy atom. The molecule has 5 heteroatoms. The van der Waals surface area contributed by atoms with Crippen LogP contribution in [0.1, 0.15) is 71.1 Å². The van der Waals surface area contributed by atoms with E-state index in [1.54, 1.807) is 0 Å². The highest BCUT2D eigenvalue weighted by atomic mass is 17.0. The summed E-state index contributed by atoms with van der Waals surface area (Å²) in [5, 5.41) is 8.86. The summed E-state index contributed by atoms with van der Waals surface area (Å²) in [7, 11) is 0. The van der Waals surface area contributed by atoms with Crippen molar-refractivity contribution in [2.45, 2.75) is 71.1 Å². The molecule has 0 fully saturated rings. The molecule has 0 aromatic heterocycles. The monoisotopic (exact) mass is 349 g/mol. The summed E-state index contributed by atoms with van der Waals surface area (Å²) in [6, 6.07) is 0. The second kappa shape index (κ2) is 18.2. The number of unbranched alkanes of at least 4 members (excludes halogenated alkanes) is 4. The smallest absolute Gasteiger partial charge is 0.268 e. The Balaban J connectivity index is 3.49. The van der Waals surface area contributed by atoms with Crippen LogP contribution in [-0.4, -0.2) is 11.1 Å². The van der Waals surface area contributed by atoms with Crippen molar-refractivity contribution in [2.24, 2.45) is 0 Å². The van der Waals surface area contributed by atoms with E-state index in [0.717, 1.165) is 19.3 Å². The van der Waals surface area contributed by atoms with Crippen molar-refractivity contribution >= 4 is 5.97 Å². The van der Waals surface area contributed by atoms with Gasteiger partial charge in [-0.15, -0.1) is 10.1 Å². The molecule has 0 radical (unpaired) electrons. The summed E-state index contributed by atoms with van der Waals surface area (Å²) >= 11 is 0. The number of hydrogen-bond acceptors (Lipinski definition) is 4. The van der Waals surface area contributed by atoms with Crippen LogP contribution in [-0.2, 0) is 9.63 Å². The van der Waals surface area contributed by atoms with Crippen LogP contribution >= 0.6 is 0 Å². The highest BCUT2D eigenvalue weighted by Crippen LogP contribution is 2.02. The van der Waals surface area contributed by atoms with Crippen LogP contribution in [0.25, 0.3) is 0 Å². The molecule has 0 N–H and O–H groups in total. The third-order valence-electron chi connectivity index (χ3n) is 3.39. The largest absolute Gasteiger partial charge is 0.303 e. The number of carbonyl (C=O) groups is 1. The van der Waals surface area contributed by atoms with Gasteiger partial charge in [-0.3, -0.25) is 4.79 Å². The average molecular weight is 349 g/mol. The third kappa shape index (κ3) is 19.8. The van der Waals surface area contributed by atoms with Gasteiger partial charge in [0.25, 0.3) is 0 Å². The summed E-state index contributed by atoms with van der Waals surface area (Å²) in [6.45, 7) is 2.22. The van der Waals surface area contributed by atoms with Gasteiger partial charge in [-0.25, -0.2) is 4.84 Å². The lowest BCUT2D eigenvalue weighted by Gasteiger charge is -1.95. The number of nitrogens with zero attached hydrogens (tertiary/aromatic N) is 1. The van der Waals surface area contributed by atoms with Crippen LogP contribution in [0.15, 0.2) is 48.6 Å². The maximum absolute atomic E-state index is 10.9. The molecular weight excluding hydrogens is 318 g/mol. The van der Waals surface area contributed by atoms with E-state index >= 15 is 0 Å². The van der Waals surface area contributed by atoms with E-state index in [4.69, 9.17) is 0 Å². The molecule has 0 heterocycles. The lowest BCUT2D eigenvalue weighted by molar-refractivity contribution is -0.729. The van der Waals surface area contributed by atoms with Crippen LogP contribution in [0.3, 0.4) is 0 Å². The predicted molar refractivity (Wildman–Crippen MR) is 101 cm³/mol. The molecule has 0 saturated carbocycles. The molecule has 0 saturated heterocycles. The van der Waals surface area contributed by atoms with Gasteiger partial charge < -0.3 is 0 Å². The molecule has 0 aliphatic heterocycles. The Bertz CT molecular complexity index is 464. The van der Waals surface area contributed by atoms with Crippen molar-refractivity contribution in [3.8, 4) is 0 Å². The SMILES string of the molecule is CCCCCC=CCC=CCC=CCC=CCCCC(=O)O[N+](=O)[O-]. The zero-order valence-corrected chi connectivity index (χ0v) is 15.3. The molecule has 0 unspecified atom stereocenters. The van der Waals surface area contributed by atoms with Gasteiger partial charge >= 0.3 is 11.1 Å². The second-order valence-corrected chi connectivity index (χ2v) is 5.67. The fourth-order valence-electron chi connectivity index (χ4n) is 2.05. The fraction of sp³-hybridized carbons (Fsp3) is 0.550. The minimum absolute atomic E-state index is 0.0685. The van der Waals surface area contributed by atoms with Crippen LogP contribution < -0.4 is 0 Å². The number of allylic oxidation sites excluding steroid dienone is 8. The van der Waals surface area contributed by atoms with E-state index < -0.39 is 11.1 Å². The molecule has 0 rings (SSSR count). The molecule has 25 heavy (non-hydrogen) atoms. The Morgan fingerprint density at radius 3 is 1.80 bits per heavy atom. The van der Waals surface area contributed by atoms with Gasteiger partial charge in [0.15, 0.2) is 0 Å². The zero-order chi connectivity index (χ0) is 18.6. The summed E-state index contributed by atoms with van der Waals surface area (Å²) in [4.78, 5) is 24.6. The molecule has 5 nitrogen and oxygen atoms in total. The Morgan fingerprint density at radius 2 is 1.32 bits per heavy atom. The summed E-state index contributed by atoms with van der Waals surface area (Å²) < 4.78 is 0. The van der Waals surface area contributed by atoms with E-state index in [1.165, 1.54) is 25.7 Å². The standard InChI is InChI=1S/C20H31NO4/c1-2-3-4-5-6-7-8-9-10-11-12-13-14-15-16-17-18-19-20(22)25-21(23)24/h6-7,9-10,12-13,15-16H,2-5,8,11,14,17-19H2,1H3. The van der Waals surface area contributed by atoms with Crippen LogP contribution in [0, 0.1) is 10.1 Å². The molecule has 0 spiro atoms. The molecule has 0 bridgehead atoms. The van der Waals surface area contributed by atoms with Crippen molar-refractivity contribution in [3.63, 3.8) is 0 Å². The van der Waals surface area contributed by atoms with Crippen LogP contribution in [0.4, 0.5) is 0 Å². The van der Waals surface area contributed by atoms with Crippen LogP contribution in [0.5, 0.6) is 0 Å². The van der Waals surface area contributed by atoms with Gasteiger partial charge in [-0.1, -0.05) is 68.4 Å². The first-order valence-electron chi connectivity index (χ1n) is 9.12. The fourth-order valence-corrected chi connectivity index (χ4v) is 2.05. The van der Waals surface area contributed by atoms with Gasteiger partial charge in [0.05, 0.1) is 0 Å². The van der Waals surface area contributed by atoms with Crippen molar-refractivity contribution in [3.05, 3.63) is 58.7 Å². The number of rotatable bonds is 15. The van der Waals surface area contributed by atoms with E-state index in [0.29, 0.717) is 12.8 Å². The Labute approximate surface area is 151 Å². The highest BCUT2D eigenvalue weighted by molar-refractivity contribution is 5.68. The lowest BCUT2D eigenvalue weighted by atomic mass is 10.2. The number of carbonyl (C=O) groups excluding carboxylic acids is 1. The lowest BCUT2D eigenvalue weighted by Crippen LogP contribution is -2.09. The first kappa shape index (κ1) is 22.8. The van der Waals surface area contributed by atoms with Crippen molar-refractivity contribution in [1.82, 2.24) is 0 Å². The van der Waals surface area contributed by atoms with Gasteiger partial charge in [-0.2, -0.15) is 0 Å². The normalized spacial score (nSPS) is 12.0. The van der Waals surface area contributed by atoms with E-state index in [1.807, 2.05) is 12.2 Å². The zero-order valence-electron chi connectivity index (χ0n) is 15.3. The minimum Gasteiger partial charge on any atom is -0.268 e. The number of hydrogen-bond donors (Lipinski definition) is 0. The third-order valence-corrected chi connectivity index (χ3v) is 3.39. The topological polar surface area (TPSA) is 69.4 Å². The maximum atomic E-state index is 10.9. The average Bonchev–Trinajstić information content (AvgIpc) is 2.57. The van der Waals surface area contributed by atoms with Crippen molar-refractivity contribution in [2.75, 3.05) is 0 Å². The van der Waals surface area contributed by atoms with Crippen molar-refractivity contribution < 1.29 is 14.7 Å². The quantitative estimate of drug-likeness (QED) is 0.160. The van der Waals surface area contributed by atoms with Gasteiger partial charge in [-0.05, 0) is 44.9 Å². The first-order valence-corrected chi connectivity index (χ1v) is 9.12. The van der Waals surface area contributed by atoms with Crippen LogP contribution in [0.2, 0.25) is 0 Å². The molecule has 0 atom stereocenters. The minimum atomic E-state index is -1.07.